The smallest absolute Gasteiger partial charge is 0.174 e. The van der Waals surface area contributed by atoms with E-state index in [9.17, 15) is 0 Å². The van der Waals surface area contributed by atoms with Crippen LogP contribution in [-0.2, 0) is 0 Å². The van der Waals surface area contributed by atoms with Crippen molar-refractivity contribution in [2.24, 2.45) is 0 Å². The summed E-state index contributed by atoms with van der Waals surface area (Å²) in [6.45, 7) is 4.25. The van der Waals surface area contributed by atoms with Gasteiger partial charge in [-0.25, -0.2) is 0 Å². The molecule has 184 valence electrons. The van der Waals surface area contributed by atoms with E-state index in [1.807, 2.05) is 66.9 Å². The van der Waals surface area contributed by atoms with Crippen molar-refractivity contribution in [3.05, 3.63) is 101 Å². The molecule has 36 heavy (non-hydrogen) atoms. The van der Waals surface area contributed by atoms with E-state index < -0.39 is 0 Å². The molecule has 3 heterocycles. The molecular formula is C28H27ClN4O2S. The van der Waals surface area contributed by atoms with Crippen LogP contribution in [0.25, 0.3) is 5.69 Å². The lowest BCUT2D eigenvalue weighted by Gasteiger charge is -2.29. The van der Waals surface area contributed by atoms with Gasteiger partial charge in [-0.3, -0.25) is 4.98 Å². The van der Waals surface area contributed by atoms with Crippen LogP contribution in [0, 0.1) is 13.8 Å². The molecule has 4 aromatic rings. The Hall–Kier alpha value is -3.55. The highest BCUT2D eigenvalue weighted by Gasteiger charge is 2.43. The average molecular weight is 519 g/mol. The Kier molecular flexibility index (Phi) is 6.60. The molecule has 2 atom stereocenters. The van der Waals surface area contributed by atoms with Crippen LogP contribution in [0.15, 0.2) is 72.9 Å². The lowest BCUT2D eigenvalue weighted by Crippen LogP contribution is -2.30. The first-order chi connectivity index (χ1) is 17.4. The molecule has 0 amide bonds. The summed E-state index contributed by atoms with van der Waals surface area (Å²) in [5, 5.41) is 4.85. The normalized spacial score (nSPS) is 17.2. The highest BCUT2D eigenvalue weighted by Crippen LogP contribution is 2.46. The summed E-state index contributed by atoms with van der Waals surface area (Å²) in [7, 11) is 3.30. The maximum Gasteiger partial charge on any atom is 0.174 e. The summed E-state index contributed by atoms with van der Waals surface area (Å²) < 4.78 is 13.4. The van der Waals surface area contributed by atoms with Gasteiger partial charge >= 0.3 is 0 Å². The van der Waals surface area contributed by atoms with E-state index in [0.29, 0.717) is 21.6 Å². The molecule has 1 aliphatic rings. The summed E-state index contributed by atoms with van der Waals surface area (Å²) >= 11 is 12.1. The lowest BCUT2D eigenvalue weighted by atomic mass is 9.96. The monoisotopic (exact) mass is 518 g/mol. The van der Waals surface area contributed by atoms with Crippen molar-refractivity contribution in [1.29, 1.82) is 0 Å². The molecule has 0 bridgehead atoms. The van der Waals surface area contributed by atoms with Crippen LogP contribution < -0.4 is 19.7 Å². The molecule has 0 saturated carbocycles. The third-order valence-corrected chi connectivity index (χ3v) is 7.18. The van der Waals surface area contributed by atoms with Gasteiger partial charge in [0.05, 0.1) is 37.7 Å². The molecule has 0 radical (unpaired) electrons. The molecule has 0 spiro atoms. The number of halogens is 1. The molecule has 2 aromatic carbocycles. The number of hydrogen-bond donors (Lipinski definition) is 1. The number of hydrogen-bond acceptors (Lipinski definition) is 4. The van der Waals surface area contributed by atoms with Gasteiger partial charge in [0.1, 0.15) is 11.5 Å². The molecular weight excluding hydrogens is 492 g/mol. The number of benzene rings is 2. The average Bonchev–Trinajstić information content (AvgIpc) is 3.39. The molecule has 1 saturated heterocycles. The Morgan fingerprint density at radius 3 is 2.42 bits per heavy atom. The Morgan fingerprint density at radius 1 is 0.972 bits per heavy atom. The van der Waals surface area contributed by atoms with Gasteiger partial charge in [-0.05, 0) is 86.2 Å². The van der Waals surface area contributed by atoms with Gasteiger partial charge in [-0.1, -0.05) is 17.7 Å². The SMILES string of the molecule is COc1ccc(N2C(=S)N[C@@H](c3ccccn3)[C@H]2c2cc(C)n(-c3ccc(Cl)cc3)c2C)c(OC)c1. The molecule has 0 unspecified atom stereocenters. The Labute approximate surface area is 221 Å². The van der Waals surface area contributed by atoms with Crippen LogP contribution in [-0.4, -0.2) is 28.9 Å². The van der Waals surface area contributed by atoms with Gasteiger partial charge in [-0.15, -0.1) is 0 Å². The minimum absolute atomic E-state index is 0.162. The summed E-state index contributed by atoms with van der Waals surface area (Å²) in [5.41, 5.74) is 6.20. The zero-order chi connectivity index (χ0) is 25.4. The third-order valence-electron chi connectivity index (χ3n) is 6.62. The van der Waals surface area contributed by atoms with Gasteiger partial charge in [0, 0.05) is 34.4 Å². The number of rotatable bonds is 6. The van der Waals surface area contributed by atoms with E-state index in [2.05, 4.69) is 39.7 Å². The van der Waals surface area contributed by atoms with Crippen LogP contribution in [0.2, 0.25) is 5.02 Å². The highest BCUT2D eigenvalue weighted by molar-refractivity contribution is 7.80. The number of thiocarbonyl (C=S) groups is 1. The fourth-order valence-corrected chi connectivity index (χ4v) is 5.45. The van der Waals surface area contributed by atoms with Crippen LogP contribution in [0.4, 0.5) is 5.69 Å². The first-order valence-electron chi connectivity index (χ1n) is 11.6. The van der Waals surface area contributed by atoms with Gasteiger partial charge in [0.2, 0.25) is 0 Å². The standard InChI is InChI=1S/C28H27ClN4O2S/c1-17-15-22(18(2)32(17)20-10-8-19(29)9-11-20)27-26(23-7-5-6-14-30-23)31-28(36)33(27)24-13-12-21(34-3)16-25(24)35-4/h5-16,26-27H,1-4H3,(H,31,36)/t26-,27+/m0/s1. The number of methoxy groups -OCH3 is 2. The van der Waals surface area contributed by atoms with E-state index in [1.54, 1.807) is 14.2 Å². The number of nitrogens with zero attached hydrogens (tertiary/aromatic N) is 3. The van der Waals surface area contributed by atoms with Gasteiger partial charge in [0.25, 0.3) is 0 Å². The Balaban J connectivity index is 1.69. The second-order valence-electron chi connectivity index (χ2n) is 8.67. The second-order valence-corrected chi connectivity index (χ2v) is 9.50. The molecule has 1 N–H and O–H groups in total. The number of ether oxygens (including phenoxy) is 2. The van der Waals surface area contributed by atoms with E-state index in [-0.39, 0.29) is 12.1 Å². The number of nitrogens with one attached hydrogen (secondary N) is 1. The van der Waals surface area contributed by atoms with Crippen LogP contribution in [0.1, 0.15) is 34.7 Å². The second kappa shape index (κ2) is 9.84. The predicted octanol–water partition coefficient (Wildman–Crippen LogP) is 6.34. The molecule has 6 nitrogen and oxygen atoms in total. The largest absolute Gasteiger partial charge is 0.497 e. The van der Waals surface area contributed by atoms with Crippen molar-refractivity contribution < 1.29 is 9.47 Å². The summed E-state index contributed by atoms with van der Waals surface area (Å²) in [6, 6.07) is 21.5. The highest BCUT2D eigenvalue weighted by atomic mass is 35.5. The van der Waals surface area contributed by atoms with Crippen molar-refractivity contribution in [2.75, 3.05) is 19.1 Å². The number of pyridine rings is 1. The Bertz CT molecular complexity index is 1410. The zero-order valence-corrected chi connectivity index (χ0v) is 22.1. The first kappa shape index (κ1) is 24.2. The van der Waals surface area contributed by atoms with Gasteiger partial charge in [-0.2, -0.15) is 0 Å². The molecule has 8 heteroatoms. The molecule has 1 aliphatic heterocycles. The van der Waals surface area contributed by atoms with Crippen LogP contribution in [0.3, 0.4) is 0 Å². The summed E-state index contributed by atoms with van der Waals surface area (Å²) in [4.78, 5) is 6.80. The van der Waals surface area contributed by atoms with E-state index in [4.69, 9.17) is 33.3 Å². The minimum Gasteiger partial charge on any atom is -0.497 e. The summed E-state index contributed by atoms with van der Waals surface area (Å²) in [6.07, 6.45) is 1.81. The number of aryl methyl sites for hydroxylation is 1. The molecule has 1 fully saturated rings. The molecule has 2 aromatic heterocycles. The number of anilines is 1. The van der Waals surface area contributed by atoms with Gasteiger partial charge < -0.3 is 24.3 Å². The minimum atomic E-state index is -0.165. The maximum atomic E-state index is 6.16. The number of aromatic nitrogens is 2. The van der Waals surface area contributed by atoms with Gasteiger partial charge in [0.15, 0.2) is 5.11 Å². The third kappa shape index (κ3) is 4.18. The quantitative estimate of drug-likeness (QED) is 0.301. The molecule has 5 rings (SSSR count). The topological polar surface area (TPSA) is 51.5 Å². The lowest BCUT2D eigenvalue weighted by molar-refractivity contribution is 0.394. The van der Waals surface area contributed by atoms with E-state index in [0.717, 1.165) is 34.0 Å². The fourth-order valence-electron chi connectivity index (χ4n) is 4.99. The van der Waals surface area contributed by atoms with Crippen molar-refractivity contribution >= 4 is 34.6 Å². The summed E-state index contributed by atoms with van der Waals surface area (Å²) in [5.74, 6) is 1.39. The zero-order valence-electron chi connectivity index (χ0n) is 20.5. The van der Waals surface area contributed by atoms with Crippen LogP contribution in [0.5, 0.6) is 11.5 Å². The maximum absolute atomic E-state index is 6.16. The van der Waals surface area contributed by atoms with Crippen molar-refractivity contribution in [3.63, 3.8) is 0 Å². The predicted molar refractivity (Wildman–Crippen MR) is 148 cm³/mol. The van der Waals surface area contributed by atoms with Crippen molar-refractivity contribution in [2.45, 2.75) is 25.9 Å². The molecule has 0 aliphatic carbocycles. The van der Waals surface area contributed by atoms with Crippen molar-refractivity contribution in [3.8, 4) is 17.2 Å². The van der Waals surface area contributed by atoms with E-state index >= 15 is 0 Å². The Morgan fingerprint density at radius 2 is 1.75 bits per heavy atom. The van der Waals surface area contributed by atoms with E-state index in [1.165, 1.54) is 0 Å². The first-order valence-corrected chi connectivity index (χ1v) is 12.4. The van der Waals surface area contributed by atoms with Crippen LogP contribution >= 0.6 is 23.8 Å². The fraction of sp³-hybridized carbons (Fsp3) is 0.214. The van der Waals surface area contributed by atoms with Crippen molar-refractivity contribution in [1.82, 2.24) is 14.9 Å².